The molecule has 0 saturated carbocycles. The number of halogens is 2. The van der Waals surface area contributed by atoms with E-state index in [4.69, 9.17) is 4.42 Å². The molecule has 2 aromatic carbocycles. The number of carbonyl (C=O) groups is 2. The number of furan rings is 1. The number of anilines is 1. The fraction of sp³-hybridized carbons (Fsp3) is 0.273. The van der Waals surface area contributed by atoms with Crippen LogP contribution in [-0.2, 0) is 0 Å². The van der Waals surface area contributed by atoms with Crippen molar-refractivity contribution in [3.63, 3.8) is 0 Å². The van der Waals surface area contributed by atoms with Gasteiger partial charge in [-0.05, 0) is 43.0 Å². The Bertz CT molecular complexity index is 1060. The number of hydrogen-bond acceptors (Lipinski definition) is 3. The molecule has 1 N–H and O–H groups in total. The number of hydrogen-bond donors (Lipinski definition) is 1. The maximum Gasteiger partial charge on any atom is 0.291 e. The van der Waals surface area contributed by atoms with Crippen molar-refractivity contribution in [1.82, 2.24) is 4.90 Å². The van der Waals surface area contributed by atoms with Crippen LogP contribution in [0.2, 0.25) is 0 Å². The first-order valence-electron chi connectivity index (χ1n) is 9.52. The van der Waals surface area contributed by atoms with Gasteiger partial charge in [-0.25, -0.2) is 8.78 Å². The van der Waals surface area contributed by atoms with Gasteiger partial charge >= 0.3 is 0 Å². The van der Waals surface area contributed by atoms with E-state index in [-0.39, 0.29) is 17.4 Å². The number of fused-ring (bicyclic) bond motifs is 1. The molecule has 150 valence electrons. The second-order valence-electron chi connectivity index (χ2n) is 7.33. The minimum absolute atomic E-state index is 0.0362. The van der Waals surface area contributed by atoms with Gasteiger partial charge in [0.05, 0.1) is 0 Å². The van der Waals surface area contributed by atoms with Crippen LogP contribution in [0.15, 0.2) is 46.9 Å². The van der Waals surface area contributed by atoms with Crippen molar-refractivity contribution < 1.29 is 22.8 Å². The summed E-state index contributed by atoms with van der Waals surface area (Å²) in [5.41, 5.74) is -0.176. The molecular weight excluding hydrogens is 378 g/mol. The average molecular weight is 398 g/mol. The van der Waals surface area contributed by atoms with E-state index in [1.165, 1.54) is 6.07 Å². The van der Waals surface area contributed by atoms with Crippen LogP contribution in [0, 0.1) is 17.6 Å². The van der Waals surface area contributed by atoms with Gasteiger partial charge in [-0.3, -0.25) is 9.59 Å². The van der Waals surface area contributed by atoms with E-state index in [1.807, 2.05) is 0 Å². The van der Waals surface area contributed by atoms with Crippen molar-refractivity contribution in [3.8, 4) is 0 Å². The summed E-state index contributed by atoms with van der Waals surface area (Å²) in [4.78, 5) is 27.4. The molecule has 3 aromatic rings. The quantitative estimate of drug-likeness (QED) is 0.687. The lowest BCUT2D eigenvalue weighted by molar-refractivity contribution is 0.0669. The highest BCUT2D eigenvalue weighted by molar-refractivity contribution is 6.14. The van der Waals surface area contributed by atoms with Crippen molar-refractivity contribution in [1.29, 1.82) is 0 Å². The molecular formula is C22H20F2N2O3. The highest BCUT2D eigenvalue weighted by atomic mass is 19.1. The largest absolute Gasteiger partial charge is 0.449 e. The smallest absolute Gasteiger partial charge is 0.291 e. The maximum absolute atomic E-state index is 14.0. The lowest BCUT2D eigenvalue weighted by Gasteiger charge is -2.29. The van der Waals surface area contributed by atoms with Gasteiger partial charge in [0.25, 0.3) is 11.8 Å². The molecule has 0 bridgehead atoms. The monoisotopic (exact) mass is 398 g/mol. The number of amides is 2. The zero-order valence-electron chi connectivity index (χ0n) is 15.9. The number of carbonyl (C=O) groups excluding carboxylic acids is 2. The molecule has 0 aliphatic carbocycles. The molecule has 29 heavy (non-hydrogen) atoms. The first-order valence-corrected chi connectivity index (χ1v) is 9.52. The number of nitrogens with zero attached hydrogens (tertiary/aromatic N) is 1. The molecule has 1 aromatic heterocycles. The van der Waals surface area contributed by atoms with Crippen molar-refractivity contribution in [2.45, 2.75) is 19.8 Å². The maximum atomic E-state index is 14.0. The van der Waals surface area contributed by atoms with Crippen LogP contribution in [0.4, 0.5) is 14.5 Å². The summed E-state index contributed by atoms with van der Waals surface area (Å²) in [6, 6.07) is 10.0. The third kappa shape index (κ3) is 3.60. The molecule has 1 aliphatic rings. The van der Waals surface area contributed by atoms with Gasteiger partial charge in [0, 0.05) is 18.5 Å². The van der Waals surface area contributed by atoms with Gasteiger partial charge in [0.15, 0.2) is 0 Å². The Labute approximate surface area is 166 Å². The SMILES string of the molecule is CC1CCN(C(=O)c2oc3ccccc3c2NC(=O)c2c(F)cccc2F)CC1. The van der Waals surface area contributed by atoms with E-state index in [9.17, 15) is 18.4 Å². The number of rotatable bonds is 3. The first kappa shape index (κ1) is 19.1. The van der Waals surface area contributed by atoms with Crippen LogP contribution in [0.1, 0.15) is 40.7 Å². The summed E-state index contributed by atoms with van der Waals surface area (Å²) in [5.74, 6) is -2.78. The molecule has 0 radical (unpaired) electrons. The molecule has 0 unspecified atom stereocenters. The van der Waals surface area contributed by atoms with Crippen LogP contribution < -0.4 is 5.32 Å². The van der Waals surface area contributed by atoms with Gasteiger partial charge in [-0.15, -0.1) is 0 Å². The summed E-state index contributed by atoms with van der Waals surface area (Å²) >= 11 is 0. The number of benzene rings is 2. The Morgan fingerprint density at radius 2 is 1.69 bits per heavy atom. The predicted octanol–water partition coefficient (Wildman–Crippen LogP) is 4.84. The summed E-state index contributed by atoms with van der Waals surface area (Å²) in [5, 5.41) is 2.99. The second kappa shape index (κ2) is 7.66. The predicted molar refractivity (Wildman–Crippen MR) is 105 cm³/mol. The Morgan fingerprint density at radius 1 is 1.03 bits per heavy atom. The number of nitrogens with one attached hydrogen (secondary N) is 1. The third-order valence-electron chi connectivity index (χ3n) is 5.29. The van der Waals surface area contributed by atoms with E-state index in [0.717, 1.165) is 25.0 Å². The minimum atomic E-state index is -0.979. The fourth-order valence-electron chi connectivity index (χ4n) is 3.57. The van der Waals surface area contributed by atoms with Gasteiger partial charge in [-0.2, -0.15) is 0 Å². The Morgan fingerprint density at radius 3 is 2.38 bits per heavy atom. The molecule has 0 spiro atoms. The molecule has 2 amide bonds. The van der Waals surface area contributed by atoms with Crippen LogP contribution in [0.5, 0.6) is 0 Å². The standard InChI is InChI=1S/C22H20F2N2O3/c1-13-9-11-26(12-10-13)22(28)20-19(14-5-2-3-8-17(14)29-20)25-21(27)18-15(23)6-4-7-16(18)24/h2-8,13H,9-12H2,1H3,(H,25,27). The van der Waals surface area contributed by atoms with Gasteiger partial charge in [0.1, 0.15) is 28.5 Å². The summed E-state index contributed by atoms with van der Waals surface area (Å²) < 4.78 is 33.8. The van der Waals surface area contributed by atoms with Gasteiger partial charge in [0.2, 0.25) is 5.76 Å². The highest BCUT2D eigenvalue weighted by Crippen LogP contribution is 2.33. The van der Waals surface area contributed by atoms with Crippen LogP contribution >= 0.6 is 0 Å². The van der Waals surface area contributed by atoms with E-state index in [1.54, 1.807) is 29.2 Å². The molecule has 5 nitrogen and oxygen atoms in total. The third-order valence-corrected chi connectivity index (χ3v) is 5.29. The van der Waals surface area contributed by atoms with Crippen molar-refractivity contribution >= 4 is 28.5 Å². The molecule has 1 aliphatic heterocycles. The minimum Gasteiger partial charge on any atom is -0.449 e. The Balaban J connectivity index is 1.72. The molecule has 1 saturated heterocycles. The normalized spacial score (nSPS) is 14.9. The van der Waals surface area contributed by atoms with Crippen molar-refractivity contribution in [2.75, 3.05) is 18.4 Å². The van der Waals surface area contributed by atoms with Crippen molar-refractivity contribution in [3.05, 3.63) is 65.4 Å². The summed E-state index contributed by atoms with van der Waals surface area (Å²) in [6.07, 6.45) is 1.77. The average Bonchev–Trinajstić information content (AvgIpc) is 3.06. The van der Waals surface area contributed by atoms with Gasteiger partial charge < -0.3 is 14.6 Å². The zero-order chi connectivity index (χ0) is 20.5. The highest BCUT2D eigenvalue weighted by Gasteiger charge is 2.29. The van der Waals surface area contributed by atoms with E-state index >= 15 is 0 Å². The number of likely N-dealkylation sites (tertiary alicyclic amines) is 1. The van der Waals surface area contributed by atoms with Crippen LogP contribution in [-0.4, -0.2) is 29.8 Å². The number of piperidine rings is 1. The van der Waals surface area contributed by atoms with Crippen LogP contribution in [0.3, 0.4) is 0 Å². The number of para-hydroxylation sites is 1. The van der Waals surface area contributed by atoms with E-state index in [2.05, 4.69) is 12.2 Å². The topological polar surface area (TPSA) is 62.6 Å². The molecule has 4 rings (SSSR count). The lowest BCUT2D eigenvalue weighted by Crippen LogP contribution is -2.38. The van der Waals surface area contributed by atoms with Gasteiger partial charge in [-0.1, -0.05) is 25.1 Å². The first-order chi connectivity index (χ1) is 14.0. The summed E-state index contributed by atoms with van der Waals surface area (Å²) in [7, 11) is 0. The molecule has 1 fully saturated rings. The lowest BCUT2D eigenvalue weighted by atomic mass is 9.99. The molecule has 7 heteroatoms. The molecule has 0 atom stereocenters. The fourth-order valence-corrected chi connectivity index (χ4v) is 3.57. The van der Waals surface area contributed by atoms with E-state index in [0.29, 0.717) is 30.0 Å². The Kier molecular flexibility index (Phi) is 5.05. The molecule has 2 heterocycles. The summed E-state index contributed by atoms with van der Waals surface area (Å²) in [6.45, 7) is 3.32. The van der Waals surface area contributed by atoms with Crippen molar-refractivity contribution in [2.24, 2.45) is 5.92 Å². The zero-order valence-corrected chi connectivity index (χ0v) is 15.9. The van der Waals surface area contributed by atoms with Crippen LogP contribution in [0.25, 0.3) is 11.0 Å². The van der Waals surface area contributed by atoms with E-state index < -0.39 is 23.1 Å². The Hall–Kier alpha value is -3.22. The second-order valence-corrected chi connectivity index (χ2v) is 7.33.